The zero-order valence-electron chi connectivity index (χ0n) is 13.3. The van der Waals surface area contributed by atoms with Gasteiger partial charge in [0.05, 0.1) is 5.92 Å². The molecule has 1 fully saturated rings. The molecule has 1 aromatic carbocycles. The maximum absolute atomic E-state index is 12.7. The van der Waals surface area contributed by atoms with Crippen LogP contribution in [0.3, 0.4) is 0 Å². The number of halogens is 1. The molecule has 1 N–H and O–H groups in total. The van der Waals surface area contributed by atoms with E-state index >= 15 is 0 Å². The molecule has 4 rings (SSSR count). The van der Waals surface area contributed by atoms with E-state index in [2.05, 4.69) is 0 Å². The van der Waals surface area contributed by atoms with E-state index in [0.29, 0.717) is 54.9 Å². The summed E-state index contributed by atoms with van der Waals surface area (Å²) in [6, 6.07) is 7.26. The van der Waals surface area contributed by atoms with Gasteiger partial charge >= 0.3 is 0 Å². The molecule has 5 heteroatoms. The van der Waals surface area contributed by atoms with Crippen LogP contribution in [0, 0.1) is 5.92 Å². The summed E-state index contributed by atoms with van der Waals surface area (Å²) in [7, 11) is 0. The second-order valence-electron chi connectivity index (χ2n) is 6.86. The molecule has 1 aliphatic heterocycles. The molecular formula is C19H19ClO4. The molecule has 0 bridgehead atoms. The Labute approximate surface area is 145 Å². The highest BCUT2D eigenvalue weighted by atomic mass is 35.5. The van der Waals surface area contributed by atoms with Crippen molar-refractivity contribution < 1.29 is 19.4 Å². The molecular weight excluding hydrogens is 328 g/mol. The van der Waals surface area contributed by atoms with Crippen molar-refractivity contribution in [2.75, 3.05) is 0 Å². The zero-order valence-corrected chi connectivity index (χ0v) is 14.0. The van der Waals surface area contributed by atoms with E-state index in [1.165, 1.54) is 0 Å². The molecule has 0 aromatic heterocycles. The summed E-state index contributed by atoms with van der Waals surface area (Å²) < 4.78 is 5.86. The van der Waals surface area contributed by atoms with Crippen LogP contribution < -0.4 is 0 Å². The van der Waals surface area contributed by atoms with Crippen molar-refractivity contribution in [1.29, 1.82) is 0 Å². The Morgan fingerprint density at radius 1 is 1.12 bits per heavy atom. The van der Waals surface area contributed by atoms with E-state index in [1.807, 2.05) is 18.2 Å². The van der Waals surface area contributed by atoms with E-state index in [-0.39, 0.29) is 11.6 Å². The van der Waals surface area contributed by atoms with Crippen molar-refractivity contribution in [2.24, 2.45) is 5.92 Å². The first kappa shape index (κ1) is 15.9. The quantitative estimate of drug-likeness (QED) is 0.845. The van der Waals surface area contributed by atoms with E-state index in [9.17, 15) is 14.7 Å². The maximum Gasteiger partial charge on any atom is 0.218 e. The first-order valence-corrected chi connectivity index (χ1v) is 8.84. The third kappa shape index (κ3) is 2.32. The first-order valence-electron chi connectivity index (χ1n) is 8.46. The molecule has 0 saturated heterocycles. The summed E-state index contributed by atoms with van der Waals surface area (Å²) in [6.45, 7) is 0. The van der Waals surface area contributed by atoms with Gasteiger partial charge in [0.1, 0.15) is 11.5 Å². The minimum absolute atomic E-state index is 0.00148. The fourth-order valence-corrected chi connectivity index (χ4v) is 4.62. The maximum atomic E-state index is 12.7. The Bertz CT molecular complexity index is 753. The Morgan fingerprint density at radius 2 is 1.92 bits per heavy atom. The van der Waals surface area contributed by atoms with Crippen LogP contribution in [0.25, 0.3) is 0 Å². The predicted molar refractivity (Wildman–Crippen MR) is 88.5 cm³/mol. The van der Waals surface area contributed by atoms with Crippen LogP contribution in [0.2, 0.25) is 5.02 Å². The van der Waals surface area contributed by atoms with Crippen molar-refractivity contribution in [3.63, 3.8) is 0 Å². The largest absolute Gasteiger partial charge is 0.466 e. The molecule has 0 radical (unpaired) electrons. The van der Waals surface area contributed by atoms with Crippen LogP contribution in [0.1, 0.15) is 50.0 Å². The lowest BCUT2D eigenvalue weighted by Crippen LogP contribution is -2.54. The van der Waals surface area contributed by atoms with Gasteiger partial charge in [-0.2, -0.15) is 0 Å². The normalized spacial score (nSPS) is 32.9. The number of fused-ring (bicyclic) bond motifs is 1. The van der Waals surface area contributed by atoms with Gasteiger partial charge in [-0.25, -0.2) is 0 Å². The van der Waals surface area contributed by atoms with Crippen LogP contribution in [0.15, 0.2) is 35.6 Å². The SMILES string of the molecule is O=C1CCCC2=C1[C@@H](c1ccccc1Cl)[C@@H]1C(=O)CCC[C@]1(O)O2. The van der Waals surface area contributed by atoms with Crippen molar-refractivity contribution in [2.45, 2.75) is 50.2 Å². The summed E-state index contributed by atoms with van der Waals surface area (Å²) in [5.74, 6) is -2.33. The first-order chi connectivity index (χ1) is 11.5. The van der Waals surface area contributed by atoms with Gasteiger partial charge in [-0.15, -0.1) is 0 Å². The second-order valence-corrected chi connectivity index (χ2v) is 7.26. The molecule has 1 saturated carbocycles. The number of benzene rings is 1. The van der Waals surface area contributed by atoms with Crippen LogP contribution in [0.5, 0.6) is 0 Å². The standard InChI is InChI=1S/C19H19ClO4/c20-12-6-2-1-5-11(12)16-17-13(21)7-3-9-15(17)24-19(23)10-4-8-14(22)18(16)19/h1-2,5-6,16,18,23H,3-4,7-10H2/t16-,18+,19+/m1/s1. The van der Waals surface area contributed by atoms with E-state index in [0.717, 1.165) is 5.56 Å². The van der Waals surface area contributed by atoms with Crippen LogP contribution in [-0.4, -0.2) is 22.5 Å². The lowest BCUT2D eigenvalue weighted by atomic mass is 9.65. The van der Waals surface area contributed by atoms with Gasteiger partial charge in [0.2, 0.25) is 5.79 Å². The number of carbonyl (C=O) groups excluding carboxylic acids is 2. The van der Waals surface area contributed by atoms with Crippen molar-refractivity contribution in [3.05, 3.63) is 46.2 Å². The number of ketones is 2. The third-order valence-corrected chi connectivity index (χ3v) is 5.73. The monoisotopic (exact) mass is 346 g/mol. The number of carbonyl (C=O) groups is 2. The Hall–Kier alpha value is -1.65. The molecule has 4 nitrogen and oxygen atoms in total. The molecule has 0 spiro atoms. The van der Waals surface area contributed by atoms with Crippen LogP contribution in [-0.2, 0) is 14.3 Å². The summed E-state index contributed by atoms with van der Waals surface area (Å²) in [4.78, 5) is 25.3. The smallest absolute Gasteiger partial charge is 0.218 e. The van der Waals surface area contributed by atoms with Gasteiger partial charge in [-0.05, 0) is 24.5 Å². The highest BCUT2D eigenvalue weighted by Crippen LogP contribution is 2.53. The highest BCUT2D eigenvalue weighted by Gasteiger charge is 2.56. The molecule has 3 aliphatic rings. The molecule has 1 heterocycles. The summed E-state index contributed by atoms with van der Waals surface area (Å²) in [6.07, 6.45) is 3.16. The van der Waals surface area contributed by atoms with E-state index in [4.69, 9.17) is 16.3 Å². The van der Waals surface area contributed by atoms with Crippen molar-refractivity contribution in [1.82, 2.24) is 0 Å². The minimum Gasteiger partial charge on any atom is -0.466 e. The molecule has 1 aromatic rings. The number of hydrogen-bond acceptors (Lipinski definition) is 4. The van der Waals surface area contributed by atoms with Crippen LogP contribution in [0.4, 0.5) is 0 Å². The van der Waals surface area contributed by atoms with Gasteiger partial charge in [0.15, 0.2) is 5.78 Å². The number of ether oxygens (including phenoxy) is 1. The predicted octanol–water partition coefficient (Wildman–Crippen LogP) is 3.52. The van der Waals surface area contributed by atoms with Crippen molar-refractivity contribution >= 4 is 23.2 Å². The average Bonchev–Trinajstić information content (AvgIpc) is 2.53. The molecule has 2 aliphatic carbocycles. The van der Waals surface area contributed by atoms with Crippen LogP contribution >= 0.6 is 11.6 Å². The summed E-state index contributed by atoms with van der Waals surface area (Å²) in [5.41, 5.74) is 1.27. The Morgan fingerprint density at radius 3 is 2.71 bits per heavy atom. The fraction of sp³-hybridized carbons (Fsp3) is 0.474. The number of Topliss-reactive ketones (excluding diaryl/α,β-unsaturated/α-hetero) is 2. The lowest BCUT2D eigenvalue weighted by molar-refractivity contribution is -0.237. The molecule has 126 valence electrons. The minimum atomic E-state index is -1.53. The van der Waals surface area contributed by atoms with Gasteiger partial charge in [-0.3, -0.25) is 9.59 Å². The average molecular weight is 347 g/mol. The molecule has 24 heavy (non-hydrogen) atoms. The summed E-state index contributed by atoms with van der Waals surface area (Å²) >= 11 is 6.39. The number of allylic oxidation sites excluding steroid dienone is 2. The van der Waals surface area contributed by atoms with E-state index < -0.39 is 17.6 Å². The van der Waals surface area contributed by atoms with Gasteiger partial charge < -0.3 is 9.84 Å². The van der Waals surface area contributed by atoms with Gasteiger partial charge in [0.25, 0.3) is 0 Å². The van der Waals surface area contributed by atoms with Gasteiger partial charge in [0, 0.05) is 42.2 Å². The molecule has 3 atom stereocenters. The fourth-order valence-electron chi connectivity index (χ4n) is 4.37. The Kier molecular flexibility index (Phi) is 3.77. The third-order valence-electron chi connectivity index (χ3n) is 5.38. The topological polar surface area (TPSA) is 63.6 Å². The van der Waals surface area contributed by atoms with E-state index in [1.54, 1.807) is 6.07 Å². The molecule has 0 amide bonds. The summed E-state index contributed by atoms with van der Waals surface area (Å²) in [5, 5.41) is 11.6. The number of aliphatic hydroxyl groups is 1. The molecule has 0 unspecified atom stereocenters. The van der Waals surface area contributed by atoms with Gasteiger partial charge in [-0.1, -0.05) is 29.8 Å². The Balaban J connectivity index is 1.95. The second kappa shape index (κ2) is 5.71. The highest BCUT2D eigenvalue weighted by molar-refractivity contribution is 6.31. The van der Waals surface area contributed by atoms with Crippen molar-refractivity contribution in [3.8, 4) is 0 Å². The number of rotatable bonds is 1. The zero-order chi connectivity index (χ0) is 16.9. The number of hydrogen-bond donors (Lipinski definition) is 1. The lowest BCUT2D eigenvalue weighted by Gasteiger charge is -2.48.